The van der Waals surface area contributed by atoms with E-state index < -0.39 is 0 Å². The first-order chi connectivity index (χ1) is 15.4. The Hall–Kier alpha value is -3.22. The van der Waals surface area contributed by atoms with Gasteiger partial charge >= 0.3 is 0 Å². The molecular formula is C25H27N5O. The van der Waals surface area contributed by atoms with E-state index in [2.05, 4.69) is 45.7 Å². The van der Waals surface area contributed by atoms with Crippen molar-refractivity contribution in [1.29, 1.82) is 0 Å². The molecule has 1 saturated heterocycles. The van der Waals surface area contributed by atoms with Crippen LogP contribution in [0, 0.1) is 0 Å². The average Bonchev–Trinajstić information content (AvgIpc) is 3.60. The fourth-order valence-corrected chi connectivity index (χ4v) is 4.29. The molecule has 1 fully saturated rings. The Balaban J connectivity index is 1.37. The predicted octanol–water partition coefficient (Wildman–Crippen LogP) is 4.45. The van der Waals surface area contributed by atoms with Crippen LogP contribution >= 0.6 is 0 Å². The summed E-state index contributed by atoms with van der Waals surface area (Å²) in [5.41, 5.74) is 4.18. The summed E-state index contributed by atoms with van der Waals surface area (Å²) in [7, 11) is 0. The van der Waals surface area contributed by atoms with Gasteiger partial charge in [-0.1, -0.05) is 18.2 Å². The second kappa shape index (κ2) is 9.29. The van der Waals surface area contributed by atoms with Crippen molar-refractivity contribution >= 4 is 0 Å². The lowest BCUT2D eigenvalue weighted by Crippen LogP contribution is -2.33. The normalized spacial score (nSPS) is 15.4. The molecule has 6 heteroatoms. The summed E-state index contributed by atoms with van der Waals surface area (Å²) in [6.07, 6.45) is 10.1. The number of furan rings is 1. The molecule has 1 aliphatic heterocycles. The number of rotatable bonds is 8. The minimum Gasteiger partial charge on any atom is -0.468 e. The number of benzene rings is 1. The number of pyridine rings is 1. The number of likely N-dealkylation sites (tertiary alicyclic amines) is 1. The summed E-state index contributed by atoms with van der Waals surface area (Å²) in [6.45, 7) is 3.80. The number of nitrogens with one attached hydrogen (secondary N) is 1. The summed E-state index contributed by atoms with van der Waals surface area (Å²) in [5, 5.41) is 8.55. The van der Waals surface area contributed by atoms with Crippen molar-refractivity contribution in [3.8, 4) is 16.9 Å². The molecule has 0 saturated carbocycles. The van der Waals surface area contributed by atoms with Crippen LogP contribution in [-0.4, -0.2) is 39.3 Å². The Labute approximate surface area is 182 Å². The van der Waals surface area contributed by atoms with Crippen LogP contribution in [-0.2, 0) is 6.54 Å². The zero-order valence-corrected chi connectivity index (χ0v) is 17.5. The number of nitrogens with zero attached hydrogens (tertiary/aromatic N) is 4. The minimum atomic E-state index is 0.253. The van der Waals surface area contributed by atoms with Crippen molar-refractivity contribution in [3.63, 3.8) is 0 Å². The zero-order chi connectivity index (χ0) is 20.9. The largest absolute Gasteiger partial charge is 0.468 e. The van der Waals surface area contributed by atoms with E-state index in [-0.39, 0.29) is 6.04 Å². The van der Waals surface area contributed by atoms with Crippen LogP contribution in [0.4, 0.5) is 0 Å². The summed E-state index contributed by atoms with van der Waals surface area (Å²) in [6, 6.07) is 18.5. The number of hydrogen-bond acceptors (Lipinski definition) is 5. The molecular weight excluding hydrogens is 386 g/mol. The van der Waals surface area contributed by atoms with E-state index >= 15 is 0 Å². The quantitative estimate of drug-likeness (QED) is 0.462. The van der Waals surface area contributed by atoms with Gasteiger partial charge in [-0.25, -0.2) is 4.68 Å². The molecule has 0 aliphatic carbocycles. The van der Waals surface area contributed by atoms with Crippen LogP contribution in [0.25, 0.3) is 16.9 Å². The second-order valence-electron chi connectivity index (χ2n) is 7.93. The van der Waals surface area contributed by atoms with E-state index in [1.807, 2.05) is 41.2 Å². The fraction of sp³-hybridized carbons (Fsp3) is 0.280. The molecule has 1 aromatic carbocycles. The lowest BCUT2D eigenvalue weighted by Gasteiger charge is -2.26. The Morgan fingerprint density at radius 1 is 1.00 bits per heavy atom. The predicted molar refractivity (Wildman–Crippen MR) is 121 cm³/mol. The molecule has 0 bridgehead atoms. The van der Waals surface area contributed by atoms with E-state index in [1.54, 1.807) is 12.5 Å². The summed E-state index contributed by atoms with van der Waals surface area (Å²) < 4.78 is 7.71. The van der Waals surface area contributed by atoms with Crippen molar-refractivity contribution in [2.24, 2.45) is 0 Å². The van der Waals surface area contributed by atoms with E-state index in [0.717, 1.165) is 54.4 Å². The second-order valence-corrected chi connectivity index (χ2v) is 7.93. The molecule has 6 nitrogen and oxygen atoms in total. The van der Waals surface area contributed by atoms with Crippen molar-refractivity contribution in [2.45, 2.75) is 25.4 Å². The highest BCUT2D eigenvalue weighted by molar-refractivity contribution is 5.62. The lowest BCUT2D eigenvalue weighted by molar-refractivity contribution is 0.209. The highest BCUT2D eigenvalue weighted by Gasteiger charge is 2.25. The topological polar surface area (TPSA) is 59.1 Å². The SMILES string of the molecule is c1ccc(-n2cc(CNC[C@@H](c3ccco3)N3CCCC3)c(-c3cccnc3)n2)cc1. The van der Waals surface area contributed by atoms with E-state index in [1.165, 1.54) is 12.8 Å². The van der Waals surface area contributed by atoms with E-state index in [0.29, 0.717) is 0 Å². The number of aromatic nitrogens is 3. The Morgan fingerprint density at radius 2 is 1.87 bits per heavy atom. The number of para-hydroxylation sites is 1. The minimum absolute atomic E-state index is 0.253. The van der Waals surface area contributed by atoms with Gasteiger partial charge in [-0.3, -0.25) is 9.88 Å². The van der Waals surface area contributed by atoms with Gasteiger partial charge in [0.25, 0.3) is 0 Å². The maximum Gasteiger partial charge on any atom is 0.122 e. The molecule has 3 aromatic heterocycles. The van der Waals surface area contributed by atoms with Crippen molar-refractivity contribution in [3.05, 3.63) is 90.8 Å². The number of hydrogen-bond donors (Lipinski definition) is 1. The molecule has 1 atom stereocenters. The van der Waals surface area contributed by atoms with Crippen LogP contribution in [0.2, 0.25) is 0 Å². The maximum absolute atomic E-state index is 5.76. The van der Waals surface area contributed by atoms with Gasteiger partial charge in [0.15, 0.2) is 0 Å². The Bertz CT molecular complexity index is 1070. The van der Waals surface area contributed by atoms with Gasteiger partial charge in [0.1, 0.15) is 5.76 Å². The molecule has 0 unspecified atom stereocenters. The van der Waals surface area contributed by atoms with E-state index in [4.69, 9.17) is 9.52 Å². The van der Waals surface area contributed by atoms with Gasteiger partial charge in [0.2, 0.25) is 0 Å². The van der Waals surface area contributed by atoms with Gasteiger partial charge in [-0.15, -0.1) is 0 Å². The smallest absolute Gasteiger partial charge is 0.122 e. The van der Waals surface area contributed by atoms with Crippen LogP contribution in [0.15, 0.2) is 83.9 Å². The highest BCUT2D eigenvalue weighted by atomic mass is 16.3. The molecule has 158 valence electrons. The zero-order valence-electron chi connectivity index (χ0n) is 17.5. The first-order valence-electron chi connectivity index (χ1n) is 10.9. The average molecular weight is 414 g/mol. The first kappa shape index (κ1) is 19.7. The van der Waals surface area contributed by atoms with Crippen molar-refractivity contribution in [2.75, 3.05) is 19.6 Å². The van der Waals surface area contributed by atoms with Gasteiger partial charge in [-0.2, -0.15) is 5.10 Å². The molecule has 5 rings (SSSR count). The van der Waals surface area contributed by atoms with Crippen molar-refractivity contribution < 1.29 is 4.42 Å². The first-order valence-corrected chi connectivity index (χ1v) is 10.9. The molecule has 0 radical (unpaired) electrons. The molecule has 1 N–H and O–H groups in total. The Kier molecular flexibility index (Phi) is 5.91. The molecule has 31 heavy (non-hydrogen) atoms. The third-order valence-electron chi connectivity index (χ3n) is 5.85. The van der Waals surface area contributed by atoms with Crippen LogP contribution in [0.5, 0.6) is 0 Å². The summed E-state index contributed by atoms with van der Waals surface area (Å²) >= 11 is 0. The summed E-state index contributed by atoms with van der Waals surface area (Å²) in [4.78, 5) is 6.81. The van der Waals surface area contributed by atoms with Crippen molar-refractivity contribution in [1.82, 2.24) is 25.0 Å². The third-order valence-corrected chi connectivity index (χ3v) is 5.85. The lowest BCUT2D eigenvalue weighted by atomic mass is 10.1. The van der Waals surface area contributed by atoms with Gasteiger partial charge < -0.3 is 9.73 Å². The van der Waals surface area contributed by atoms with Crippen LogP contribution in [0.1, 0.15) is 30.2 Å². The molecule has 0 spiro atoms. The van der Waals surface area contributed by atoms with Crippen LogP contribution < -0.4 is 5.32 Å². The monoisotopic (exact) mass is 413 g/mol. The molecule has 4 heterocycles. The van der Waals surface area contributed by atoms with Gasteiger partial charge in [0, 0.05) is 42.8 Å². The fourth-order valence-electron chi connectivity index (χ4n) is 4.29. The highest BCUT2D eigenvalue weighted by Crippen LogP contribution is 2.26. The van der Waals surface area contributed by atoms with E-state index in [9.17, 15) is 0 Å². The van der Waals surface area contributed by atoms with Gasteiger partial charge in [0.05, 0.1) is 23.7 Å². The third kappa shape index (κ3) is 4.45. The van der Waals surface area contributed by atoms with Crippen LogP contribution in [0.3, 0.4) is 0 Å². The summed E-state index contributed by atoms with van der Waals surface area (Å²) in [5.74, 6) is 1.03. The maximum atomic E-state index is 5.76. The Morgan fingerprint density at radius 3 is 2.61 bits per heavy atom. The standard InChI is InChI=1S/C25H27N5O/c1-2-9-22(10-3-1)30-19-21(25(28-30)20-8-6-12-26-16-20)17-27-18-23(24-11-7-15-31-24)29-13-4-5-14-29/h1-3,6-12,15-16,19,23,27H,4-5,13-14,17-18H2/t23-/m0/s1. The molecule has 0 amide bonds. The molecule has 4 aromatic rings. The molecule has 1 aliphatic rings. The van der Waals surface area contributed by atoms with Gasteiger partial charge in [-0.05, 0) is 62.3 Å².